The standard InChI is InChI=1S/C16H22ClN3/c1-2-9-20-15-10-12(17)7-8-14(15)19-16(20)11-18-13-5-3-4-6-13/h7-8,10,13,18H,2-6,9,11H2,1H3. The first-order valence-corrected chi connectivity index (χ1v) is 8.04. The number of hydrogen-bond donors (Lipinski definition) is 1. The molecule has 0 spiro atoms. The molecule has 3 rings (SSSR count). The molecule has 0 atom stereocenters. The number of hydrogen-bond acceptors (Lipinski definition) is 2. The van der Waals surface area contributed by atoms with E-state index in [1.807, 2.05) is 18.2 Å². The molecule has 0 bridgehead atoms. The van der Waals surface area contributed by atoms with Gasteiger partial charge in [0.2, 0.25) is 0 Å². The van der Waals surface area contributed by atoms with E-state index in [0.29, 0.717) is 6.04 Å². The third kappa shape index (κ3) is 2.84. The highest BCUT2D eigenvalue weighted by Gasteiger charge is 2.16. The number of benzene rings is 1. The first kappa shape index (κ1) is 13.9. The molecule has 1 aliphatic rings. The lowest BCUT2D eigenvalue weighted by molar-refractivity contribution is 0.500. The summed E-state index contributed by atoms with van der Waals surface area (Å²) < 4.78 is 2.31. The summed E-state index contributed by atoms with van der Waals surface area (Å²) >= 11 is 6.12. The van der Waals surface area contributed by atoms with Gasteiger partial charge in [-0.1, -0.05) is 31.4 Å². The average Bonchev–Trinajstić information content (AvgIpc) is 3.06. The maximum absolute atomic E-state index is 6.12. The second kappa shape index (κ2) is 6.15. The molecule has 0 saturated heterocycles. The zero-order chi connectivity index (χ0) is 13.9. The van der Waals surface area contributed by atoms with E-state index in [9.17, 15) is 0 Å². The number of halogens is 1. The molecule has 1 heterocycles. The topological polar surface area (TPSA) is 29.9 Å². The van der Waals surface area contributed by atoms with Crippen molar-refractivity contribution in [1.82, 2.24) is 14.9 Å². The Hall–Kier alpha value is -1.06. The van der Waals surface area contributed by atoms with Crippen molar-refractivity contribution in [3.8, 4) is 0 Å². The Bertz CT molecular complexity index is 585. The van der Waals surface area contributed by atoms with Gasteiger partial charge in [-0.3, -0.25) is 0 Å². The SMILES string of the molecule is CCCn1c(CNC2CCCC2)nc2ccc(Cl)cc21. The van der Waals surface area contributed by atoms with E-state index in [-0.39, 0.29) is 0 Å². The molecule has 1 aliphatic carbocycles. The first-order chi connectivity index (χ1) is 9.78. The Labute approximate surface area is 125 Å². The quantitative estimate of drug-likeness (QED) is 0.897. The fraction of sp³-hybridized carbons (Fsp3) is 0.562. The van der Waals surface area contributed by atoms with Crippen molar-refractivity contribution in [2.75, 3.05) is 0 Å². The lowest BCUT2D eigenvalue weighted by Crippen LogP contribution is -2.27. The van der Waals surface area contributed by atoms with E-state index >= 15 is 0 Å². The van der Waals surface area contributed by atoms with Crippen LogP contribution < -0.4 is 5.32 Å². The highest BCUT2D eigenvalue weighted by atomic mass is 35.5. The van der Waals surface area contributed by atoms with Crippen LogP contribution in [0.2, 0.25) is 5.02 Å². The maximum atomic E-state index is 6.12. The van der Waals surface area contributed by atoms with Crippen LogP contribution in [0.15, 0.2) is 18.2 Å². The summed E-state index contributed by atoms with van der Waals surface area (Å²) in [5, 5.41) is 4.44. The molecule has 1 aromatic carbocycles. The summed E-state index contributed by atoms with van der Waals surface area (Å²) in [5.74, 6) is 1.14. The normalized spacial score (nSPS) is 16.3. The number of fused-ring (bicyclic) bond motifs is 1. The summed E-state index contributed by atoms with van der Waals surface area (Å²) in [6.07, 6.45) is 6.44. The van der Waals surface area contributed by atoms with E-state index in [0.717, 1.165) is 41.4 Å². The summed E-state index contributed by atoms with van der Waals surface area (Å²) in [6.45, 7) is 4.06. The van der Waals surface area contributed by atoms with Gasteiger partial charge in [0.05, 0.1) is 17.6 Å². The van der Waals surface area contributed by atoms with Gasteiger partial charge >= 0.3 is 0 Å². The summed E-state index contributed by atoms with van der Waals surface area (Å²) in [6, 6.07) is 6.64. The Morgan fingerprint density at radius 3 is 2.90 bits per heavy atom. The van der Waals surface area contributed by atoms with Crippen LogP contribution in [0.5, 0.6) is 0 Å². The second-order valence-electron chi connectivity index (χ2n) is 5.67. The van der Waals surface area contributed by atoms with Crippen LogP contribution in [0.3, 0.4) is 0 Å². The van der Waals surface area contributed by atoms with E-state index in [2.05, 4.69) is 16.8 Å². The van der Waals surface area contributed by atoms with E-state index in [1.165, 1.54) is 25.7 Å². The lowest BCUT2D eigenvalue weighted by Gasteiger charge is -2.13. The molecule has 1 aromatic heterocycles. The molecule has 0 unspecified atom stereocenters. The third-order valence-electron chi connectivity index (χ3n) is 4.14. The first-order valence-electron chi connectivity index (χ1n) is 7.66. The van der Waals surface area contributed by atoms with Crippen molar-refractivity contribution in [2.24, 2.45) is 0 Å². The van der Waals surface area contributed by atoms with Gasteiger partial charge in [0.25, 0.3) is 0 Å². The van der Waals surface area contributed by atoms with E-state index in [1.54, 1.807) is 0 Å². The molecule has 1 fully saturated rings. The Balaban J connectivity index is 1.86. The highest BCUT2D eigenvalue weighted by molar-refractivity contribution is 6.31. The zero-order valence-electron chi connectivity index (χ0n) is 12.0. The largest absolute Gasteiger partial charge is 0.327 e. The van der Waals surface area contributed by atoms with Gasteiger partial charge in [-0.15, -0.1) is 0 Å². The molecular formula is C16H22ClN3. The van der Waals surface area contributed by atoms with Gasteiger partial charge in [0.15, 0.2) is 0 Å². The smallest absolute Gasteiger partial charge is 0.123 e. The monoisotopic (exact) mass is 291 g/mol. The van der Waals surface area contributed by atoms with Gasteiger partial charge in [0, 0.05) is 17.6 Å². The molecule has 0 radical (unpaired) electrons. The molecule has 108 valence electrons. The number of nitrogens with one attached hydrogen (secondary N) is 1. The Morgan fingerprint density at radius 2 is 2.15 bits per heavy atom. The van der Waals surface area contributed by atoms with Crippen molar-refractivity contribution in [3.05, 3.63) is 29.0 Å². The van der Waals surface area contributed by atoms with Crippen molar-refractivity contribution in [2.45, 2.75) is 58.2 Å². The van der Waals surface area contributed by atoms with Crippen molar-refractivity contribution >= 4 is 22.6 Å². The molecule has 0 aliphatic heterocycles. The van der Waals surface area contributed by atoms with Crippen LogP contribution in [-0.4, -0.2) is 15.6 Å². The van der Waals surface area contributed by atoms with Crippen LogP contribution in [0.1, 0.15) is 44.9 Å². The molecule has 1 saturated carbocycles. The predicted octanol–water partition coefficient (Wildman–Crippen LogP) is 4.13. The van der Waals surface area contributed by atoms with Gasteiger partial charge in [0.1, 0.15) is 5.82 Å². The maximum Gasteiger partial charge on any atom is 0.123 e. The van der Waals surface area contributed by atoms with Gasteiger partial charge in [-0.2, -0.15) is 0 Å². The van der Waals surface area contributed by atoms with E-state index < -0.39 is 0 Å². The van der Waals surface area contributed by atoms with Crippen molar-refractivity contribution < 1.29 is 0 Å². The third-order valence-corrected chi connectivity index (χ3v) is 4.38. The Morgan fingerprint density at radius 1 is 1.35 bits per heavy atom. The second-order valence-corrected chi connectivity index (χ2v) is 6.11. The van der Waals surface area contributed by atoms with Crippen LogP contribution in [-0.2, 0) is 13.1 Å². The number of aromatic nitrogens is 2. The van der Waals surface area contributed by atoms with Crippen molar-refractivity contribution in [1.29, 1.82) is 0 Å². The molecule has 4 heteroatoms. The van der Waals surface area contributed by atoms with Crippen molar-refractivity contribution in [3.63, 3.8) is 0 Å². The van der Waals surface area contributed by atoms with Gasteiger partial charge in [-0.25, -0.2) is 4.98 Å². The summed E-state index contributed by atoms with van der Waals surface area (Å²) in [7, 11) is 0. The lowest BCUT2D eigenvalue weighted by atomic mass is 10.2. The predicted molar refractivity (Wildman–Crippen MR) is 84.1 cm³/mol. The van der Waals surface area contributed by atoms with Gasteiger partial charge < -0.3 is 9.88 Å². The summed E-state index contributed by atoms with van der Waals surface area (Å²) in [5.41, 5.74) is 2.20. The minimum Gasteiger partial charge on any atom is -0.327 e. The van der Waals surface area contributed by atoms with Crippen LogP contribution >= 0.6 is 11.6 Å². The number of aryl methyl sites for hydroxylation is 1. The zero-order valence-corrected chi connectivity index (χ0v) is 12.8. The van der Waals surface area contributed by atoms with E-state index in [4.69, 9.17) is 16.6 Å². The van der Waals surface area contributed by atoms with Crippen LogP contribution in [0.4, 0.5) is 0 Å². The molecule has 0 amide bonds. The molecular weight excluding hydrogens is 270 g/mol. The van der Waals surface area contributed by atoms with Crippen LogP contribution in [0.25, 0.3) is 11.0 Å². The Kier molecular flexibility index (Phi) is 4.27. The van der Waals surface area contributed by atoms with Crippen LogP contribution in [0, 0.1) is 0 Å². The van der Waals surface area contributed by atoms with Gasteiger partial charge in [-0.05, 0) is 37.5 Å². The highest BCUT2D eigenvalue weighted by Crippen LogP contribution is 2.22. The number of rotatable bonds is 5. The molecule has 20 heavy (non-hydrogen) atoms. The number of imidazole rings is 1. The fourth-order valence-electron chi connectivity index (χ4n) is 3.12. The molecule has 2 aromatic rings. The number of nitrogens with zero attached hydrogens (tertiary/aromatic N) is 2. The minimum absolute atomic E-state index is 0.675. The average molecular weight is 292 g/mol. The summed E-state index contributed by atoms with van der Waals surface area (Å²) in [4.78, 5) is 4.78. The minimum atomic E-state index is 0.675. The molecule has 3 nitrogen and oxygen atoms in total. The molecule has 1 N–H and O–H groups in total. The fourth-order valence-corrected chi connectivity index (χ4v) is 3.29.